The SMILES string of the molecule is CC(C)C1CCN2c3ncccc3NC2C1. The third-order valence-corrected chi connectivity index (χ3v) is 3.97. The molecule has 3 nitrogen and oxygen atoms in total. The number of piperidine rings is 1. The highest BCUT2D eigenvalue weighted by molar-refractivity contribution is 5.72. The van der Waals surface area contributed by atoms with Crippen LogP contribution in [-0.2, 0) is 0 Å². The summed E-state index contributed by atoms with van der Waals surface area (Å²) in [6, 6.07) is 4.13. The van der Waals surface area contributed by atoms with Crippen LogP contribution in [0.1, 0.15) is 26.7 Å². The Hall–Kier alpha value is -1.25. The summed E-state index contributed by atoms with van der Waals surface area (Å²) in [5.74, 6) is 2.79. The van der Waals surface area contributed by atoms with Crippen molar-refractivity contribution in [1.29, 1.82) is 0 Å². The van der Waals surface area contributed by atoms with Crippen LogP contribution >= 0.6 is 0 Å². The summed E-state index contributed by atoms with van der Waals surface area (Å²) in [4.78, 5) is 6.90. The van der Waals surface area contributed by atoms with Crippen LogP contribution in [0.25, 0.3) is 0 Å². The van der Waals surface area contributed by atoms with Crippen molar-refractivity contribution >= 4 is 11.5 Å². The largest absolute Gasteiger partial charge is 0.362 e. The van der Waals surface area contributed by atoms with Crippen molar-refractivity contribution < 1.29 is 0 Å². The van der Waals surface area contributed by atoms with Crippen LogP contribution in [-0.4, -0.2) is 17.7 Å². The molecule has 3 heterocycles. The number of anilines is 2. The van der Waals surface area contributed by atoms with Gasteiger partial charge in [0.1, 0.15) is 6.17 Å². The zero-order valence-corrected chi connectivity index (χ0v) is 9.98. The molecule has 3 heteroatoms. The summed E-state index contributed by atoms with van der Waals surface area (Å²) in [5, 5.41) is 3.58. The van der Waals surface area contributed by atoms with Gasteiger partial charge in [-0.25, -0.2) is 4.98 Å². The molecule has 3 rings (SSSR count). The van der Waals surface area contributed by atoms with Crippen LogP contribution in [0.5, 0.6) is 0 Å². The molecule has 2 atom stereocenters. The van der Waals surface area contributed by atoms with Crippen LogP contribution < -0.4 is 10.2 Å². The molecule has 1 aromatic heterocycles. The standard InChI is InChI=1S/C13H19N3/c1-9(2)10-5-7-16-12(8-10)15-11-4-3-6-14-13(11)16/h3-4,6,9-10,12,15H,5,7-8H2,1-2H3. The lowest BCUT2D eigenvalue weighted by Crippen LogP contribution is -2.44. The number of aromatic nitrogens is 1. The minimum absolute atomic E-state index is 0.478. The Morgan fingerprint density at radius 1 is 1.50 bits per heavy atom. The number of fused-ring (bicyclic) bond motifs is 3. The van der Waals surface area contributed by atoms with Gasteiger partial charge in [-0.15, -0.1) is 0 Å². The molecule has 0 radical (unpaired) electrons. The van der Waals surface area contributed by atoms with Crippen molar-refractivity contribution in [3.63, 3.8) is 0 Å². The number of hydrogen-bond donors (Lipinski definition) is 1. The molecule has 1 N–H and O–H groups in total. The predicted octanol–water partition coefficient (Wildman–Crippen LogP) is 2.71. The van der Waals surface area contributed by atoms with E-state index < -0.39 is 0 Å². The van der Waals surface area contributed by atoms with Crippen LogP contribution in [0.4, 0.5) is 11.5 Å². The van der Waals surface area contributed by atoms with E-state index in [1.54, 1.807) is 0 Å². The van der Waals surface area contributed by atoms with Gasteiger partial charge in [-0.1, -0.05) is 13.8 Å². The molecule has 16 heavy (non-hydrogen) atoms. The summed E-state index contributed by atoms with van der Waals surface area (Å²) in [7, 11) is 0. The van der Waals surface area contributed by atoms with Gasteiger partial charge in [-0.05, 0) is 36.8 Å². The topological polar surface area (TPSA) is 28.2 Å². The van der Waals surface area contributed by atoms with Crippen LogP contribution in [0.15, 0.2) is 18.3 Å². The Kier molecular flexibility index (Phi) is 2.27. The molecule has 2 aliphatic heterocycles. The second kappa shape index (κ2) is 3.65. The van der Waals surface area contributed by atoms with Gasteiger partial charge in [0.2, 0.25) is 0 Å². The fraction of sp³-hybridized carbons (Fsp3) is 0.615. The molecule has 1 fully saturated rings. The quantitative estimate of drug-likeness (QED) is 0.784. The minimum atomic E-state index is 0.478. The first kappa shape index (κ1) is 9.94. The molecule has 2 aliphatic rings. The second-order valence-corrected chi connectivity index (χ2v) is 5.26. The van der Waals surface area contributed by atoms with Gasteiger partial charge in [0.15, 0.2) is 5.82 Å². The third-order valence-electron chi connectivity index (χ3n) is 3.97. The Bertz CT molecular complexity index is 389. The highest BCUT2D eigenvalue weighted by Gasteiger charge is 2.35. The average Bonchev–Trinajstić information content (AvgIpc) is 2.66. The van der Waals surface area contributed by atoms with Gasteiger partial charge in [-0.3, -0.25) is 0 Å². The second-order valence-electron chi connectivity index (χ2n) is 5.26. The highest BCUT2D eigenvalue weighted by Crippen LogP contribution is 2.39. The van der Waals surface area contributed by atoms with E-state index in [1.165, 1.54) is 18.5 Å². The maximum atomic E-state index is 4.48. The molecular weight excluding hydrogens is 198 g/mol. The molecule has 0 bridgehead atoms. The molecule has 0 spiro atoms. The summed E-state index contributed by atoms with van der Waals surface area (Å²) >= 11 is 0. The lowest BCUT2D eigenvalue weighted by Gasteiger charge is -2.37. The number of nitrogens with one attached hydrogen (secondary N) is 1. The fourth-order valence-electron chi connectivity index (χ4n) is 2.91. The van der Waals surface area contributed by atoms with Crippen LogP contribution in [0.2, 0.25) is 0 Å². The minimum Gasteiger partial charge on any atom is -0.362 e. The predicted molar refractivity (Wildman–Crippen MR) is 66.6 cm³/mol. The Labute approximate surface area is 96.9 Å². The van der Waals surface area contributed by atoms with Crippen molar-refractivity contribution in [1.82, 2.24) is 4.98 Å². The van der Waals surface area contributed by atoms with E-state index in [9.17, 15) is 0 Å². The lowest BCUT2D eigenvalue weighted by atomic mass is 9.85. The van der Waals surface area contributed by atoms with Gasteiger partial charge in [0.25, 0.3) is 0 Å². The van der Waals surface area contributed by atoms with Crippen LogP contribution in [0.3, 0.4) is 0 Å². The molecule has 0 amide bonds. The average molecular weight is 217 g/mol. The molecule has 2 unspecified atom stereocenters. The van der Waals surface area contributed by atoms with Crippen LogP contribution in [0, 0.1) is 11.8 Å². The number of rotatable bonds is 1. The Morgan fingerprint density at radius 2 is 2.38 bits per heavy atom. The zero-order chi connectivity index (χ0) is 11.1. The van der Waals surface area contributed by atoms with Crippen molar-refractivity contribution in [3.8, 4) is 0 Å². The molecule has 0 saturated carbocycles. The summed E-state index contributed by atoms with van der Waals surface area (Å²) < 4.78 is 0. The molecule has 0 aromatic carbocycles. The molecule has 0 aliphatic carbocycles. The first-order valence-electron chi connectivity index (χ1n) is 6.24. The van der Waals surface area contributed by atoms with Crippen molar-refractivity contribution in [3.05, 3.63) is 18.3 Å². The van der Waals surface area contributed by atoms with Gasteiger partial charge in [0.05, 0.1) is 5.69 Å². The number of nitrogens with zero attached hydrogens (tertiary/aromatic N) is 2. The fourth-order valence-corrected chi connectivity index (χ4v) is 2.91. The first-order valence-corrected chi connectivity index (χ1v) is 6.24. The van der Waals surface area contributed by atoms with Gasteiger partial charge < -0.3 is 10.2 Å². The highest BCUT2D eigenvalue weighted by atomic mass is 15.4. The molecule has 1 saturated heterocycles. The van der Waals surface area contributed by atoms with E-state index >= 15 is 0 Å². The van der Waals surface area contributed by atoms with E-state index in [-0.39, 0.29) is 0 Å². The smallest absolute Gasteiger partial charge is 0.153 e. The lowest BCUT2D eigenvalue weighted by molar-refractivity contribution is 0.284. The van der Waals surface area contributed by atoms with Crippen molar-refractivity contribution in [2.24, 2.45) is 11.8 Å². The van der Waals surface area contributed by atoms with Gasteiger partial charge in [-0.2, -0.15) is 0 Å². The van der Waals surface area contributed by atoms with E-state index in [1.807, 2.05) is 12.3 Å². The number of hydrogen-bond acceptors (Lipinski definition) is 3. The van der Waals surface area contributed by atoms with E-state index in [0.29, 0.717) is 6.17 Å². The summed E-state index contributed by atoms with van der Waals surface area (Å²) in [5.41, 5.74) is 1.21. The van der Waals surface area contributed by atoms with Crippen molar-refractivity contribution in [2.45, 2.75) is 32.9 Å². The van der Waals surface area contributed by atoms with E-state index in [2.05, 4.69) is 35.1 Å². The first-order chi connectivity index (χ1) is 7.75. The van der Waals surface area contributed by atoms with Gasteiger partial charge in [0, 0.05) is 12.7 Å². The summed E-state index contributed by atoms with van der Waals surface area (Å²) in [6.45, 7) is 5.81. The molecular formula is C13H19N3. The zero-order valence-electron chi connectivity index (χ0n) is 9.98. The maximum absolute atomic E-state index is 4.48. The normalized spacial score (nSPS) is 27.6. The monoisotopic (exact) mass is 217 g/mol. The van der Waals surface area contributed by atoms with Crippen molar-refractivity contribution in [2.75, 3.05) is 16.8 Å². The molecule has 86 valence electrons. The maximum Gasteiger partial charge on any atom is 0.153 e. The summed E-state index contributed by atoms with van der Waals surface area (Å²) in [6.07, 6.45) is 4.91. The number of pyridine rings is 1. The van der Waals surface area contributed by atoms with Gasteiger partial charge >= 0.3 is 0 Å². The molecule has 1 aromatic rings. The third kappa shape index (κ3) is 1.46. The Balaban J connectivity index is 1.82. The van der Waals surface area contributed by atoms with E-state index in [4.69, 9.17) is 0 Å². The van der Waals surface area contributed by atoms with E-state index in [0.717, 1.165) is 24.2 Å². The Morgan fingerprint density at radius 3 is 3.19 bits per heavy atom.